The van der Waals surface area contributed by atoms with E-state index in [4.69, 9.17) is 14.6 Å². The van der Waals surface area contributed by atoms with Gasteiger partial charge in [-0.1, -0.05) is 0 Å². The molecule has 0 aromatic carbocycles. The molecule has 1 fully saturated rings. The molecule has 4 nitrogen and oxygen atoms in total. The quantitative estimate of drug-likeness (QED) is 0.624. The highest BCUT2D eigenvalue weighted by molar-refractivity contribution is 4.55. The van der Waals surface area contributed by atoms with Crippen LogP contribution >= 0.6 is 0 Å². The molecule has 1 rings (SSSR count). The van der Waals surface area contributed by atoms with Crippen LogP contribution in [0.1, 0.15) is 32.1 Å². The van der Waals surface area contributed by atoms with Crippen molar-refractivity contribution in [2.45, 2.75) is 44.7 Å². The van der Waals surface area contributed by atoms with Gasteiger partial charge in [0, 0.05) is 19.6 Å². The van der Waals surface area contributed by atoms with Crippen LogP contribution in [0.4, 0.5) is 0 Å². The van der Waals surface area contributed by atoms with Crippen LogP contribution in [-0.4, -0.2) is 36.0 Å². The molecule has 2 N–H and O–H groups in total. The molecule has 4 heteroatoms. The van der Waals surface area contributed by atoms with Gasteiger partial charge in [0.1, 0.15) is 0 Å². The van der Waals surface area contributed by atoms with Crippen molar-refractivity contribution in [1.29, 1.82) is 0 Å². The van der Waals surface area contributed by atoms with Gasteiger partial charge in [0.25, 0.3) is 0 Å². The second-order valence-electron chi connectivity index (χ2n) is 3.25. The summed E-state index contributed by atoms with van der Waals surface area (Å²) in [5, 5.41) is 17.8. The van der Waals surface area contributed by atoms with Crippen LogP contribution in [0.2, 0.25) is 0 Å². The van der Waals surface area contributed by atoms with Gasteiger partial charge in [0.15, 0.2) is 12.6 Å². The summed E-state index contributed by atoms with van der Waals surface area (Å²) < 4.78 is 10.5. The molecule has 1 saturated heterocycles. The van der Waals surface area contributed by atoms with Crippen molar-refractivity contribution in [2.75, 3.05) is 13.2 Å². The highest BCUT2D eigenvalue weighted by Gasteiger charge is 2.17. The molecule has 2 atom stereocenters. The Bertz CT molecular complexity index is 123. The maximum Gasteiger partial charge on any atom is 0.160 e. The van der Waals surface area contributed by atoms with E-state index in [1.54, 1.807) is 0 Å². The Morgan fingerprint density at radius 3 is 2.92 bits per heavy atom. The minimum atomic E-state index is -0.796. The van der Waals surface area contributed by atoms with Crippen molar-refractivity contribution in [2.24, 2.45) is 0 Å². The molecule has 0 radical (unpaired) electrons. The highest BCUT2D eigenvalue weighted by atomic mass is 16.7. The monoisotopic (exact) mass is 190 g/mol. The zero-order valence-electron chi connectivity index (χ0n) is 7.82. The third kappa shape index (κ3) is 4.57. The Balaban J connectivity index is 2.07. The normalized spacial score (nSPS) is 25.8. The van der Waals surface area contributed by atoms with Crippen molar-refractivity contribution in [3.8, 4) is 0 Å². The number of ether oxygens (including phenoxy) is 2. The highest BCUT2D eigenvalue weighted by Crippen LogP contribution is 2.15. The number of hydrogen-bond acceptors (Lipinski definition) is 4. The Kier molecular flexibility index (Phi) is 5.31. The molecule has 0 amide bonds. The summed E-state index contributed by atoms with van der Waals surface area (Å²) in [5.41, 5.74) is 0. The lowest BCUT2D eigenvalue weighted by Crippen LogP contribution is -2.27. The second kappa shape index (κ2) is 6.32. The van der Waals surface area contributed by atoms with Gasteiger partial charge < -0.3 is 19.7 Å². The van der Waals surface area contributed by atoms with Gasteiger partial charge in [-0.05, 0) is 25.7 Å². The number of aliphatic hydroxyl groups is 2. The molecule has 0 spiro atoms. The smallest absolute Gasteiger partial charge is 0.160 e. The first-order valence-corrected chi connectivity index (χ1v) is 4.89. The predicted molar refractivity (Wildman–Crippen MR) is 47.0 cm³/mol. The summed E-state index contributed by atoms with van der Waals surface area (Å²) in [5.74, 6) is 0. The lowest BCUT2D eigenvalue weighted by molar-refractivity contribution is -0.241. The Hall–Kier alpha value is -0.160. The number of hydrogen-bond donors (Lipinski definition) is 2. The molecule has 0 aliphatic carbocycles. The fourth-order valence-corrected chi connectivity index (χ4v) is 1.33. The fraction of sp³-hybridized carbons (Fsp3) is 1.00. The lowest BCUT2D eigenvalue weighted by atomic mass is 10.2. The van der Waals surface area contributed by atoms with Crippen LogP contribution in [0, 0.1) is 0 Å². The van der Waals surface area contributed by atoms with Gasteiger partial charge in [0.05, 0.1) is 0 Å². The molecule has 0 bridgehead atoms. The molecule has 2 unspecified atom stereocenters. The average molecular weight is 190 g/mol. The van der Waals surface area contributed by atoms with Crippen molar-refractivity contribution in [1.82, 2.24) is 0 Å². The molecule has 1 aliphatic rings. The van der Waals surface area contributed by atoms with Crippen LogP contribution in [0.5, 0.6) is 0 Å². The molecule has 13 heavy (non-hydrogen) atoms. The maximum absolute atomic E-state index is 9.32. The summed E-state index contributed by atoms with van der Waals surface area (Å²) in [4.78, 5) is 0. The van der Waals surface area contributed by atoms with Gasteiger partial charge in [-0.15, -0.1) is 0 Å². The van der Waals surface area contributed by atoms with Crippen LogP contribution < -0.4 is 0 Å². The first-order valence-electron chi connectivity index (χ1n) is 4.89. The molecule has 78 valence electrons. The Morgan fingerprint density at radius 2 is 2.31 bits per heavy atom. The van der Waals surface area contributed by atoms with Crippen molar-refractivity contribution < 1.29 is 19.7 Å². The van der Waals surface area contributed by atoms with Gasteiger partial charge in [0.2, 0.25) is 0 Å². The standard InChI is InChI=1S/C9H18O4/c10-6-3-4-8(11)13-9-5-1-2-7-12-9/h8-11H,1-7H2. The van der Waals surface area contributed by atoms with Crippen LogP contribution in [0.3, 0.4) is 0 Å². The third-order valence-corrected chi connectivity index (χ3v) is 2.06. The van der Waals surface area contributed by atoms with Crippen LogP contribution in [0.25, 0.3) is 0 Å². The van der Waals surface area contributed by atoms with E-state index in [-0.39, 0.29) is 12.9 Å². The SMILES string of the molecule is OCCCC(O)OC1CCCCO1. The molecule has 1 heterocycles. The predicted octanol–water partition coefficient (Wildman–Crippen LogP) is 0.620. The minimum Gasteiger partial charge on any atom is -0.396 e. The summed E-state index contributed by atoms with van der Waals surface area (Å²) in [7, 11) is 0. The van der Waals surface area contributed by atoms with E-state index >= 15 is 0 Å². The Morgan fingerprint density at radius 1 is 1.46 bits per heavy atom. The zero-order valence-corrected chi connectivity index (χ0v) is 7.82. The lowest BCUT2D eigenvalue weighted by Gasteiger charge is -2.25. The fourth-order valence-electron chi connectivity index (χ4n) is 1.33. The molecule has 1 aliphatic heterocycles. The van der Waals surface area contributed by atoms with Gasteiger partial charge >= 0.3 is 0 Å². The van der Waals surface area contributed by atoms with E-state index in [1.165, 1.54) is 0 Å². The summed E-state index contributed by atoms with van der Waals surface area (Å²) in [6.45, 7) is 0.809. The molecular formula is C9H18O4. The zero-order chi connectivity index (χ0) is 9.52. The van der Waals surface area contributed by atoms with E-state index in [0.717, 1.165) is 25.9 Å². The van der Waals surface area contributed by atoms with Crippen LogP contribution in [0.15, 0.2) is 0 Å². The Labute approximate surface area is 78.5 Å². The van der Waals surface area contributed by atoms with Gasteiger partial charge in [-0.2, -0.15) is 0 Å². The first kappa shape index (κ1) is 10.9. The van der Waals surface area contributed by atoms with E-state index in [0.29, 0.717) is 12.8 Å². The number of aliphatic hydroxyl groups excluding tert-OH is 2. The van der Waals surface area contributed by atoms with Crippen LogP contribution in [-0.2, 0) is 9.47 Å². The topological polar surface area (TPSA) is 58.9 Å². The molecule has 0 saturated carbocycles. The average Bonchev–Trinajstić information content (AvgIpc) is 2.16. The van der Waals surface area contributed by atoms with Crippen molar-refractivity contribution in [3.63, 3.8) is 0 Å². The third-order valence-electron chi connectivity index (χ3n) is 2.06. The van der Waals surface area contributed by atoms with E-state index in [2.05, 4.69) is 0 Å². The van der Waals surface area contributed by atoms with Gasteiger partial charge in [-0.3, -0.25) is 0 Å². The summed E-state index contributed by atoms with van der Waals surface area (Å²) in [6.07, 6.45) is 3.02. The van der Waals surface area contributed by atoms with Crippen molar-refractivity contribution in [3.05, 3.63) is 0 Å². The summed E-state index contributed by atoms with van der Waals surface area (Å²) >= 11 is 0. The summed E-state index contributed by atoms with van der Waals surface area (Å²) in [6, 6.07) is 0. The van der Waals surface area contributed by atoms with Crippen molar-refractivity contribution >= 4 is 0 Å². The molecule has 0 aromatic rings. The largest absolute Gasteiger partial charge is 0.396 e. The second-order valence-corrected chi connectivity index (χ2v) is 3.25. The van der Waals surface area contributed by atoms with E-state index < -0.39 is 6.29 Å². The minimum absolute atomic E-state index is 0.0892. The van der Waals surface area contributed by atoms with Gasteiger partial charge in [-0.25, -0.2) is 0 Å². The maximum atomic E-state index is 9.32. The molecular weight excluding hydrogens is 172 g/mol. The van der Waals surface area contributed by atoms with E-state index in [1.807, 2.05) is 0 Å². The molecule has 0 aromatic heterocycles. The van der Waals surface area contributed by atoms with E-state index in [9.17, 15) is 5.11 Å². The first-order chi connectivity index (χ1) is 6.33. The number of rotatable bonds is 5.